The second-order valence-electron chi connectivity index (χ2n) is 6.85. The minimum atomic E-state index is -0.741. The fraction of sp³-hybridized carbons (Fsp3) is 0.381. The molecule has 0 aromatic heterocycles. The van der Waals surface area contributed by atoms with Crippen LogP contribution in [0.25, 0.3) is 0 Å². The van der Waals surface area contributed by atoms with Gasteiger partial charge in [0.05, 0.1) is 13.2 Å². The van der Waals surface area contributed by atoms with Crippen molar-refractivity contribution < 1.29 is 18.9 Å². The smallest absolute Gasteiger partial charge is 0.183 e. The van der Waals surface area contributed by atoms with Gasteiger partial charge >= 0.3 is 0 Å². The first kappa shape index (κ1) is 18.6. The minimum Gasteiger partial charge on any atom is -0.624 e. The molecule has 0 bridgehead atoms. The summed E-state index contributed by atoms with van der Waals surface area (Å²) in [6.45, 7) is 4.82. The molecular weight excluding hydrogens is 330 g/mol. The molecular formula is C21H25NO4. The van der Waals surface area contributed by atoms with Crippen molar-refractivity contribution in [2.45, 2.75) is 45.0 Å². The zero-order valence-electron chi connectivity index (χ0n) is 15.2. The van der Waals surface area contributed by atoms with E-state index in [1.54, 1.807) is 0 Å². The maximum Gasteiger partial charge on any atom is 0.183 e. The molecule has 5 nitrogen and oxygen atoms in total. The Morgan fingerprint density at radius 1 is 1.00 bits per heavy atom. The zero-order valence-corrected chi connectivity index (χ0v) is 15.2. The highest BCUT2D eigenvalue weighted by Crippen LogP contribution is 2.27. The molecule has 3 rings (SSSR count). The highest BCUT2D eigenvalue weighted by atomic mass is 16.8. The highest BCUT2D eigenvalue weighted by Gasteiger charge is 2.42. The van der Waals surface area contributed by atoms with Gasteiger partial charge < -0.3 is 19.4 Å². The van der Waals surface area contributed by atoms with Crippen LogP contribution in [0.4, 0.5) is 0 Å². The normalized spacial score (nSPS) is 22.5. The fourth-order valence-corrected chi connectivity index (χ4v) is 2.97. The molecule has 1 aliphatic rings. The third-order valence-corrected chi connectivity index (χ3v) is 4.11. The molecule has 138 valence electrons. The van der Waals surface area contributed by atoms with Crippen LogP contribution in [-0.2, 0) is 27.4 Å². The summed E-state index contributed by atoms with van der Waals surface area (Å²) in [4.78, 5) is 0. The van der Waals surface area contributed by atoms with Crippen LogP contribution >= 0.6 is 0 Å². The molecule has 0 saturated carbocycles. The van der Waals surface area contributed by atoms with E-state index in [2.05, 4.69) is 0 Å². The Morgan fingerprint density at radius 3 is 2.27 bits per heavy atom. The molecule has 2 atom stereocenters. The summed E-state index contributed by atoms with van der Waals surface area (Å²) < 4.78 is 18.5. The molecule has 2 aromatic rings. The molecule has 1 fully saturated rings. The van der Waals surface area contributed by atoms with Crippen LogP contribution in [0.5, 0.6) is 0 Å². The molecule has 0 spiro atoms. The number of ether oxygens (including phenoxy) is 3. The van der Waals surface area contributed by atoms with Gasteiger partial charge in [-0.15, -0.1) is 0 Å². The molecule has 0 N–H and O–H groups in total. The summed E-state index contributed by atoms with van der Waals surface area (Å²) in [5.74, 6) is -0.741. The van der Waals surface area contributed by atoms with E-state index >= 15 is 0 Å². The van der Waals surface area contributed by atoms with Crippen molar-refractivity contribution in [3.8, 4) is 0 Å². The second-order valence-corrected chi connectivity index (χ2v) is 6.85. The lowest BCUT2D eigenvalue weighted by Gasteiger charge is -2.16. The topological polar surface area (TPSA) is 53.8 Å². The average Bonchev–Trinajstić information content (AvgIpc) is 2.90. The predicted molar refractivity (Wildman–Crippen MR) is 99.8 cm³/mol. The van der Waals surface area contributed by atoms with Crippen LogP contribution in [0, 0.1) is 5.21 Å². The van der Waals surface area contributed by atoms with Crippen molar-refractivity contribution in [2.24, 2.45) is 0 Å². The van der Waals surface area contributed by atoms with E-state index in [-0.39, 0.29) is 12.6 Å². The number of benzene rings is 2. The van der Waals surface area contributed by atoms with Crippen LogP contribution in [0.15, 0.2) is 60.7 Å². The standard InChI is InChI=1S/C21H25NO4/c1-21(2)25-19(14-22(23)13-17-9-5-3-6-10-17)20(26-21)16-24-15-18-11-7-4-8-12-18/h3-12,14,19-20H,13,15-16H2,1-2H3/b22-14+/t19-,20-/m0/s1. The molecule has 1 aliphatic heterocycles. The minimum absolute atomic E-state index is 0.277. The summed E-state index contributed by atoms with van der Waals surface area (Å²) in [6.07, 6.45) is 0.779. The van der Waals surface area contributed by atoms with Gasteiger partial charge in [-0.1, -0.05) is 60.7 Å². The quantitative estimate of drug-likeness (QED) is 0.330. The zero-order chi connectivity index (χ0) is 18.4. The number of hydrogen-bond acceptors (Lipinski definition) is 4. The lowest BCUT2D eigenvalue weighted by atomic mass is 10.2. The fourth-order valence-electron chi connectivity index (χ4n) is 2.97. The first-order chi connectivity index (χ1) is 12.5. The molecule has 5 heteroatoms. The van der Waals surface area contributed by atoms with E-state index in [1.807, 2.05) is 74.5 Å². The number of rotatable bonds is 7. The molecule has 0 aliphatic carbocycles. The monoisotopic (exact) mass is 355 g/mol. The van der Waals surface area contributed by atoms with Crippen LogP contribution in [0.3, 0.4) is 0 Å². The van der Waals surface area contributed by atoms with Crippen molar-refractivity contribution in [1.29, 1.82) is 0 Å². The Hall–Kier alpha value is -2.21. The molecule has 0 radical (unpaired) electrons. The summed E-state index contributed by atoms with van der Waals surface area (Å²) >= 11 is 0. The van der Waals surface area contributed by atoms with E-state index < -0.39 is 11.9 Å². The van der Waals surface area contributed by atoms with Crippen molar-refractivity contribution in [2.75, 3.05) is 6.61 Å². The highest BCUT2D eigenvalue weighted by molar-refractivity contribution is 5.59. The molecule has 1 heterocycles. The number of hydrogen-bond donors (Lipinski definition) is 0. The largest absolute Gasteiger partial charge is 0.624 e. The van der Waals surface area contributed by atoms with Crippen molar-refractivity contribution in [1.82, 2.24) is 0 Å². The van der Waals surface area contributed by atoms with Crippen LogP contribution in [0.1, 0.15) is 25.0 Å². The van der Waals surface area contributed by atoms with Gasteiger partial charge in [0.15, 0.2) is 24.7 Å². The van der Waals surface area contributed by atoms with E-state index in [4.69, 9.17) is 14.2 Å². The van der Waals surface area contributed by atoms with Crippen LogP contribution < -0.4 is 0 Å². The Bertz CT molecular complexity index is 715. The van der Waals surface area contributed by atoms with Crippen LogP contribution in [-0.4, -0.2) is 35.6 Å². The third-order valence-electron chi connectivity index (χ3n) is 4.11. The Kier molecular flexibility index (Phi) is 6.04. The molecule has 1 saturated heterocycles. The second kappa shape index (κ2) is 8.45. The van der Waals surface area contributed by atoms with E-state index in [1.165, 1.54) is 6.21 Å². The SMILES string of the molecule is CC1(C)O[C@@H](/C=[N+](/[O-])Cc2ccccc2)[C@H](COCc2ccccc2)O1. The van der Waals surface area contributed by atoms with Gasteiger partial charge in [0.25, 0.3) is 0 Å². The summed E-state index contributed by atoms with van der Waals surface area (Å²) in [6, 6.07) is 19.6. The average molecular weight is 355 g/mol. The first-order valence-electron chi connectivity index (χ1n) is 8.82. The van der Waals surface area contributed by atoms with Gasteiger partial charge in [-0.3, -0.25) is 0 Å². The Morgan fingerprint density at radius 2 is 1.62 bits per heavy atom. The van der Waals surface area contributed by atoms with E-state index in [9.17, 15) is 5.21 Å². The van der Waals surface area contributed by atoms with Crippen molar-refractivity contribution in [3.63, 3.8) is 0 Å². The predicted octanol–water partition coefficient (Wildman–Crippen LogP) is 3.50. The first-order valence-corrected chi connectivity index (χ1v) is 8.82. The van der Waals surface area contributed by atoms with Crippen LogP contribution in [0.2, 0.25) is 0 Å². The molecule has 2 aromatic carbocycles. The van der Waals surface area contributed by atoms with Gasteiger partial charge in [0, 0.05) is 5.56 Å². The van der Waals surface area contributed by atoms with Crippen molar-refractivity contribution in [3.05, 3.63) is 77.0 Å². The number of hydroxylamine groups is 1. The Balaban J connectivity index is 1.59. The van der Waals surface area contributed by atoms with E-state index in [0.717, 1.165) is 15.9 Å². The maximum atomic E-state index is 12.3. The van der Waals surface area contributed by atoms with Gasteiger partial charge in [-0.2, -0.15) is 0 Å². The van der Waals surface area contributed by atoms with E-state index in [0.29, 0.717) is 13.2 Å². The molecule has 0 amide bonds. The summed E-state index contributed by atoms with van der Waals surface area (Å²) in [7, 11) is 0. The molecule has 0 unspecified atom stereocenters. The lowest BCUT2D eigenvalue weighted by molar-refractivity contribution is -0.473. The Labute approximate surface area is 154 Å². The van der Waals surface area contributed by atoms with Gasteiger partial charge in [-0.05, 0) is 19.4 Å². The lowest BCUT2D eigenvalue weighted by Crippen LogP contribution is -2.31. The van der Waals surface area contributed by atoms with Crippen molar-refractivity contribution >= 4 is 6.21 Å². The maximum absolute atomic E-state index is 12.3. The summed E-state index contributed by atoms with van der Waals surface area (Å²) in [5, 5.41) is 12.3. The summed E-state index contributed by atoms with van der Waals surface area (Å²) in [5.41, 5.74) is 2.05. The van der Waals surface area contributed by atoms with Gasteiger partial charge in [0.2, 0.25) is 0 Å². The molecule has 26 heavy (non-hydrogen) atoms. The van der Waals surface area contributed by atoms with Gasteiger partial charge in [-0.25, -0.2) is 4.74 Å². The number of nitrogens with zero attached hydrogens (tertiary/aromatic N) is 1. The third kappa shape index (κ3) is 5.39. The van der Waals surface area contributed by atoms with Gasteiger partial charge in [0.1, 0.15) is 6.10 Å².